The van der Waals surface area contributed by atoms with Crippen LogP contribution in [0.4, 0.5) is 13.2 Å². The van der Waals surface area contributed by atoms with Gasteiger partial charge >= 0.3 is 6.18 Å². The molecule has 1 rings (SSSR count). The number of nitrogens with two attached hydrogens (primary N) is 1. The van der Waals surface area contributed by atoms with Crippen LogP contribution in [0.15, 0.2) is 0 Å². The summed E-state index contributed by atoms with van der Waals surface area (Å²) >= 11 is 0. The predicted molar refractivity (Wildman–Crippen MR) is 71.3 cm³/mol. The Morgan fingerprint density at radius 3 is 2.10 bits per heavy atom. The summed E-state index contributed by atoms with van der Waals surface area (Å²) in [4.78, 5) is 25.5. The van der Waals surface area contributed by atoms with Crippen LogP contribution in [-0.4, -0.2) is 61.5 Å². The Morgan fingerprint density at radius 1 is 1.19 bits per heavy atom. The monoisotopic (exact) mass is 309 g/mol. The summed E-state index contributed by atoms with van der Waals surface area (Å²) in [5, 5.41) is 0. The average molecular weight is 309 g/mol. The number of nitrogens with zero attached hydrogens (tertiary/aromatic N) is 2. The Hall–Kier alpha value is -1.31. The molecule has 0 atom stereocenters. The molecule has 0 aromatic heterocycles. The molecule has 0 spiro atoms. The molecule has 1 saturated carbocycles. The van der Waals surface area contributed by atoms with Gasteiger partial charge in [0.25, 0.3) is 0 Å². The zero-order valence-electron chi connectivity index (χ0n) is 12.4. The fraction of sp³-hybridized carbons (Fsp3) is 0.846. The van der Waals surface area contributed by atoms with E-state index in [0.29, 0.717) is 4.90 Å². The van der Waals surface area contributed by atoms with Crippen molar-refractivity contribution in [1.82, 2.24) is 9.80 Å². The molecular weight excluding hydrogens is 287 g/mol. The van der Waals surface area contributed by atoms with Crippen LogP contribution in [-0.2, 0) is 9.59 Å². The van der Waals surface area contributed by atoms with E-state index in [4.69, 9.17) is 5.73 Å². The van der Waals surface area contributed by atoms with Crippen molar-refractivity contribution in [3.8, 4) is 0 Å². The molecule has 0 aliphatic heterocycles. The third-order valence-electron chi connectivity index (χ3n) is 3.92. The number of rotatable bonds is 6. The van der Waals surface area contributed by atoms with E-state index in [2.05, 4.69) is 0 Å². The number of carbonyl (C=O) groups excluding carboxylic acids is 2. The highest BCUT2D eigenvalue weighted by Crippen LogP contribution is 2.43. The molecule has 5 nitrogen and oxygen atoms in total. The number of amides is 2. The molecule has 1 aliphatic carbocycles. The molecule has 1 fully saturated rings. The molecule has 0 aromatic rings. The van der Waals surface area contributed by atoms with Gasteiger partial charge in [-0.3, -0.25) is 9.59 Å². The quantitative estimate of drug-likeness (QED) is 0.795. The molecule has 0 unspecified atom stereocenters. The molecule has 2 amide bonds. The van der Waals surface area contributed by atoms with E-state index in [-0.39, 0.29) is 18.4 Å². The largest absolute Gasteiger partial charge is 0.406 e. The Bertz CT molecular complexity index is 387. The third-order valence-corrected chi connectivity index (χ3v) is 3.92. The van der Waals surface area contributed by atoms with Gasteiger partial charge in [-0.1, -0.05) is 6.42 Å². The van der Waals surface area contributed by atoms with Crippen LogP contribution >= 0.6 is 0 Å². The van der Waals surface area contributed by atoms with Gasteiger partial charge in [-0.2, -0.15) is 13.2 Å². The molecule has 0 heterocycles. The number of hydrogen-bond donors (Lipinski definition) is 1. The first kappa shape index (κ1) is 17.7. The van der Waals surface area contributed by atoms with Crippen molar-refractivity contribution in [3.05, 3.63) is 0 Å². The Labute approximate surface area is 122 Å². The molecular formula is C13H22F3N3O2. The van der Waals surface area contributed by atoms with E-state index in [9.17, 15) is 22.8 Å². The molecule has 0 saturated heterocycles. The zero-order valence-corrected chi connectivity index (χ0v) is 12.4. The van der Waals surface area contributed by atoms with Crippen molar-refractivity contribution >= 4 is 11.8 Å². The lowest BCUT2D eigenvalue weighted by Crippen LogP contribution is -2.48. The minimum absolute atomic E-state index is 0.0275. The maximum atomic E-state index is 12.6. The Morgan fingerprint density at radius 2 is 1.76 bits per heavy atom. The minimum atomic E-state index is -4.53. The summed E-state index contributed by atoms with van der Waals surface area (Å²) in [6.07, 6.45) is -2.13. The molecule has 2 N–H and O–H groups in total. The van der Waals surface area contributed by atoms with Crippen molar-refractivity contribution in [3.63, 3.8) is 0 Å². The summed E-state index contributed by atoms with van der Waals surface area (Å²) in [6, 6.07) is 0. The molecule has 8 heteroatoms. The second-order valence-corrected chi connectivity index (χ2v) is 5.89. The van der Waals surface area contributed by atoms with Gasteiger partial charge < -0.3 is 15.5 Å². The summed E-state index contributed by atoms with van der Waals surface area (Å²) in [5.74, 6) is -1.20. The minimum Gasteiger partial charge on any atom is -0.347 e. The van der Waals surface area contributed by atoms with Gasteiger partial charge in [0.15, 0.2) is 0 Å². The molecule has 0 radical (unpaired) electrons. The fourth-order valence-electron chi connectivity index (χ4n) is 2.32. The van der Waals surface area contributed by atoms with Gasteiger partial charge in [-0.15, -0.1) is 0 Å². The van der Waals surface area contributed by atoms with Crippen LogP contribution in [0.1, 0.15) is 25.7 Å². The van der Waals surface area contributed by atoms with Gasteiger partial charge in [0, 0.05) is 20.5 Å². The first-order chi connectivity index (χ1) is 9.58. The van der Waals surface area contributed by atoms with Crippen molar-refractivity contribution in [2.24, 2.45) is 11.1 Å². The molecule has 122 valence electrons. The van der Waals surface area contributed by atoms with Crippen LogP contribution < -0.4 is 5.73 Å². The third kappa shape index (κ3) is 5.18. The molecule has 1 aliphatic rings. The molecule has 0 bridgehead atoms. The second kappa shape index (κ2) is 6.64. The van der Waals surface area contributed by atoms with Crippen molar-refractivity contribution in [1.29, 1.82) is 0 Å². The standard InChI is InChI=1S/C13H22F3N3O2/c1-18(2)11(21)7-19(9-13(14,15)16)10(20)6-12(8-17)4-3-5-12/h3-9,17H2,1-2H3. The van der Waals surface area contributed by atoms with Crippen LogP contribution in [0.5, 0.6) is 0 Å². The highest BCUT2D eigenvalue weighted by Gasteiger charge is 2.41. The van der Waals surface area contributed by atoms with Gasteiger partial charge in [-0.25, -0.2) is 0 Å². The summed E-state index contributed by atoms with van der Waals surface area (Å²) in [5.41, 5.74) is 5.24. The smallest absolute Gasteiger partial charge is 0.347 e. The number of halogens is 3. The molecule has 21 heavy (non-hydrogen) atoms. The van der Waals surface area contributed by atoms with Gasteiger partial charge in [0.1, 0.15) is 13.1 Å². The van der Waals surface area contributed by atoms with Gasteiger partial charge in [-0.05, 0) is 24.8 Å². The normalized spacial score (nSPS) is 17.0. The zero-order chi connectivity index (χ0) is 16.3. The number of hydrogen-bond acceptors (Lipinski definition) is 3. The lowest BCUT2D eigenvalue weighted by atomic mass is 9.66. The predicted octanol–water partition coefficient (Wildman–Crippen LogP) is 0.985. The lowest BCUT2D eigenvalue weighted by molar-refractivity contribution is -0.166. The summed E-state index contributed by atoms with van der Waals surface area (Å²) in [7, 11) is 2.87. The highest BCUT2D eigenvalue weighted by atomic mass is 19.4. The van der Waals surface area contributed by atoms with Crippen LogP contribution in [0, 0.1) is 5.41 Å². The second-order valence-electron chi connectivity index (χ2n) is 5.89. The maximum absolute atomic E-state index is 12.6. The van der Waals surface area contributed by atoms with Crippen LogP contribution in [0.3, 0.4) is 0 Å². The average Bonchev–Trinajstić information content (AvgIpc) is 2.30. The van der Waals surface area contributed by atoms with E-state index >= 15 is 0 Å². The summed E-state index contributed by atoms with van der Waals surface area (Å²) in [6.45, 7) is -1.70. The van der Waals surface area contributed by atoms with E-state index in [1.807, 2.05) is 0 Å². The number of carbonyl (C=O) groups is 2. The van der Waals surface area contributed by atoms with Crippen molar-refractivity contribution < 1.29 is 22.8 Å². The SMILES string of the molecule is CN(C)C(=O)CN(CC(F)(F)F)C(=O)CC1(CN)CCC1. The maximum Gasteiger partial charge on any atom is 0.406 e. The topological polar surface area (TPSA) is 66.6 Å². The summed E-state index contributed by atoms with van der Waals surface area (Å²) < 4.78 is 37.8. The van der Waals surface area contributed by atoms with Crippen LogP contribution in [0.25, 0.3) is 0 Å². The van der Waals surface area contributed by atoms with Crippen molar-refractivity contribution in [2.45, 2.75) is 31.9 Å². The first-order valence-electron chi connectivity index (χ1n) is 6.83. The number of likely N-dealkylation sites (N-methyl/N-ethyl adjacent to an activating group) is 1. The van der Waals surface area contributed by atoms with Gasteiger partial charge in [0.2, 0.25) is 11.8 Å². The van der Waals surface area contributed by atoms with Crippen molar-refractivity contribution in [2.75, 3.05) is 33.7 Å². The molecule has 0 aromatic carbocycles. The van der Waals surface area contributed by atoms with E-state index < -0.39 is 31.1 Å². The Balaban J connectivity index is 2.74. The van der Waals surface area contributed by atoms with E-state index in [1.54, 1.807) is 0 Å². The van der Waals surface area contributed by atoms with E-state index in [1.165, 1.54) is 19.0 Å². The fourth-order valence-corrected chi connectivity index (χ4v) is 2.32. The lowest BCUT2D eigenvalue weighted by Gasteiger charge is -2.41. The highest BCUT2D eigenvalue weighted by molar-refractivity contribution is 5.85. The van der Waals surface area contributed by atoms with E-state index in [0.717, 1.165) is 19.3 Å². The first-order valence-corrected chi connectivity index (χ1v) is 6.83. The van der Waals surface area contributed by atoms with Gasteiger partial charge in [0.05, 0.1) is 0 Å². The number of alkyl halides is 3. The van der Waals surface area contributed by atoms with Crippen LogP contribution in [0.2, 0.25) is 0 Å². The Kier molecular flexibility index (Phi) is 5.61.